The summed E-state index contributed by atoms with van der Waals surface area (Å²) in [5.74, 6) is -0.0624. The molecular weight excluding hydrogens is 446 g/mol. The number of carbonyl (C=O) groups is 2. The van der Waals surface area contributed by atoms with E-state index in [1.807, 2.05) is 37.3 Å². The number of hydrogen-bond acceptors (Lipinski definition) is 7. The van der Waals surface area contributed by atoms with Crippen molar-refractivity contribution < 1.29 is 28.5 Å². The Bertz CT molecular complexity index is 1170. The van der Waals surface area contributed by atoms with Crippen LogP contribution in [0.2, 0.25) is 0 Å². The van der Waals surface area contributed by atoms with Crippen LogP contribution in [0.15, 0.2) is 71.1 Å². The Labute approximate surface area is 205 Å². The second-order valence-electron chi connectivity index (χ2n) is 8.64. The van der Waals surface area contributed by atoms with Gasteiger partial charge in [0.15, 0.2) is 17.3 Å². The first kappa shape index (κ1) is 24.5. The molecule has 0 fully saturated rings. The summed E-state index contributed by atoms with van der Waals surface area (Å²) in [7, 11) is 4.66. The van der Waals surface area contributed by atoms with Crippen LogP contribution in [0.3, 0.4) is 0 Å². The fourth-order valence-electron chi connectivity index (χ4n) is 5.02. The molecule has 2 aromatic carbocycles. The van der Waals surface area contributed by atoms with E-state index in [9.17, 15) is 9.59 Å². The number of nitrogens with one attached hydrogen (secondary N) is 1. The fraction of sp³-hybridized carbons (Fsp3) is 0.357. The summed E-state index contributed by atoms with van der Waals surface area (Å²) in [6.07, 6.45) is 1.02. The number of hydrogen-bond donors (Lipinski definition) is 1. The molecule has 2 atom stereocenters. The van der Waals surface area contributed by atoms with Crippen molar-refractivity contribution in [3.63, 3.8) is 0 Å². The van der Waals surface area contributed by atoms with Gasteiger partial charge in [0.1, 0.15) is 6.61 Å². The molecular formula is C28H31NO6. The highest BCUT2D eigenvalue weighted by Gasteiger charge is 2.42. The number of dihydropyridines is 1. The predicted molar refractivity (Wildman–Crippen MR) is 131 cm³/mol. The van der Waals surface area contributed by atoms with E-state index in [0.29, 0.717) is 46.7 Å². The number of Topliss-reactive ketones (excluding diaryl/α,β-unsaturated/α-hetero) is 1. The summed E-state index contributed by atoms with van der Waals surface area (Å²) < 4.78 is 21.8. The van der Waals surface area contributed by atoms with Gasteiger partial charge in [0, 0.05) is 36.1 Å². The van der Waals surface area contributed by atoms with Crippen LogP contribution in [0.5, 0.6) is 11.5 Å². The molecule has 0 saturated heterocycles. The average molecular weight is 478 g/mol. The minimum atomic E-state index is -0.643. The number of ether oxygens (including phenoxy) is 4. The zero-order valence-electron chi connectivity index (χ0n) is 20.6. The quantitative estimate of drug-likeness (QED) is 0.449. The number of benzene rings is 2. The highest BCUT2D eigenvalue weighted by Crippen LogP contribution is 2.49. The van der Waals surface area contributed by atoms with Gasteiger partial charge in [0.2, 0.25) is 0 Å². The van der Waals surface area contributed by atoms with Gasteiger partial charge in [-0.3, -0.25) is 4.79 Å². The van der Waals surface area contributed by atoms with Crippen LogP contribution in [-0.4, -0.2) is 46.3 Å². The van der Waals surface area contributed by atoms with Gasteiger partial charge in [-0.1, -0.05) is 42.5 Å². The fourth-order valence-corrected chi connectivity index (χ4v) is 5.02. The van der Waals surface area contributed by atoms with Crippen molar-refractivity contribution in [3.8, 4) is 11.5 Å². The topological polar surface area (TPSA) is 83.1 Å². The number of rotatable bonds is 8. The Hall–Kier alpha value is -3.58. The molecule has 35 heavy (non-hydrogen) atoms. The molecule has 1 heterocycles. The molecule has 1 aliphatic heterocycles. The third-order valence-electron chi connectivity index (χ3n) is 6.58. The van der Waals surface area contributed by atoms with Crippen LogP contribution in [0.4, 0.5) is 0 Å². The molecule has 0 radical (unpaired) electrons. The predicted octanol–water partition coefficient (Wildman–Crippen LogP) is 4.26. The minimum Gasteiger partial charge on any atom is -0.493 e. The molecule has 2 aliphatic rings. The Kier molecular flexibility index (Phi) is 7.56. The molecule has 2 aromatic rings. The van der Waals surface area contributed by atoms with E-state index in [-0.39, 0.29) is 24.9 Å². The second kappa shape index (κ2) is 10.8. The lowest BCUT2D eigenvalue weighted by atomic mass is 9.71. The summed E-state index contributed by atoms with van der Waals surface area (Å²) >= 11 is 0. The Morgan fingerprint density at radius 3 is 2.43 bits per heavy atom. The molecule has 7 heteroatoms. The van der Waals surface area contributed by atoms with Gasteiger partial charge >= 0.3 is 5.97 Å². The van der Waals surface area contributed by atoms with E-state index < -0.39 is 11.9 Å². The van der Waals surface area contributed by atoms with Gasteiger partial charge in [-0.15, -0.1) is 0 Å². The summed E-state index contributed by atoms with van der Waals surface area (Å²) in [5.41, 5.74) is 4.26. The zero-order valence-corrected chi connectivity index (χ0v) is 20.6. The van der Waals surface area contributed by atoms with Crippen LogP contribution >= 0.6 is 0 Å². The van der Waals surface area contributed by atoms with E-state index in [1.165, 1.54) is 0 Å². The maximum absolute atomic E-state index is 13.7. The van der Waals surface area contributed by atoms with Gasteiger partial charge in [-0.25, -0.2) is 4.79 Å². The SMILES string of the molecule is COCCOC(=O)C1=C(C)NC2=C(C(=O)CC(c3ccccc3)C2)C1c1cccc(OC)c1OC. The van der Waals surface area contributed by atoms with Crippen LogP contribution in [0.1, 0.15) is 42.7 Å². The van der Waals surface area contributed by atoms with Crippen molar-refractivity contribution >= 4 is 11.8 Å². The van der Waals surface area contributed by atoms with E-state index >= 15 is 0 Å². The number of allylic oxidation sites excluding steroid dienone is 3. The Balaban J connectivity index is 1.83. The van der Waals surface area contributed by atoms with E-state index in [0.717, 1.165) is 11.3 Å². The number of methoxy groups -OCH3 is 3. The molecule has 0 bridgehead atoms. The zero-order chi connectivity index (χ0) is 24.9. The molecule has 1 aliphatic carbocycles. The second-order valence-corrected chi connectivity index (χ2v) is 8.64. The number of para-hydroxylation sites is 1. The largest absolute Gasteiger partial charge is 0.493 e. The molecule has 2 unspecified atom stereocenters. The van der Waals surface area contributed by atoms with Crippen LogP contribution in [0, 0.1) is 0 Å². The molecule has 0 amide bonds. The van der Waals surface area contributed by atoms with Crippen LogP contribution < -0.4 is 14.8 Å². The van der Waals surface area contributed by atoms with E-state index in [2.05, 4.69) is 17.4 Å². The summed E-state index contributed by atoms with van der Waals surface area (Å²) in [4.78, 5) is 27.0. The van der Waals surface area contributed by atoms with Gasteiger partial charge in [-0.2, -0.15) is 0 Å². The molecule has 7 nitrogen and oxygen atoms in total. The number of ketones is 1. The van der Waals surface area contributed by atoms with Crippen molar-refractivity contribution in [2.45, 2.75) is 31.6 Å². The Morgan fingerprint density at radius 1 is 0.971 bits per heavy atom. The van der Waals surface area contributed by atoms with Crippen LogP contribution in [-0.2, 0) is 19.1 Å². The lowest BCUT2D eigenvalue weighted by Gasteiger charge is -2.37. The smallest absolute Gasteiger partial charge is 0.336 e. The van der Waals surface area contributed by atoms with Crippen molar-refractivity contribution in [1.29, 1.82) is 0 Å². The molecule has 184 valence electrons. The molecule has 4 rings (SSSR count). The average Bonchev–Trinajstić information content (AvgIpc) is 2.87. The first-order valence-corrected chi connectivity index (χ1v) is 11.7. The molecule has 0 saturated carbocycles. The number of esters is 1. The lowest BCUT2D eigenvalue weighted by molar-refractivity contribution is -0.140. The monoisotopic (exact) mass is 477 g/mol. The van der Waals surface area contributed by atoms with Crippen molar-refractivity contribution in [2.24, 2.45) is 0 Å². The first-order valence-electron chi connectivity index (χ1n) is 11.7. The minimum absolute atomic E-state index is 0.00262. The number of carbonyl (C=O) groups excluding carboxylic acids is 2. The van der Waals surface area contributed by atoms with Gasteiger partial charge < -0.3 is 24.3 Å². The van der Waals surface area contributed by atoms with Crippen molar-refractivity contribution in [3.05, 3.63) is 82.2 Å². The summed E-state index contributed by atoms with van der Waals surface area (Å²) in [6, 6.07) is 15.5. The summed E-state index contributed by atoms with van der Waals surface area (Å²) in [5, 5.41) is 3.37. The molecule has 1 N–H and O–H groups in total. The first-order chi connectivity index (χ1) is 17.0. The Morgan fingerprint density at radius 2 is 1.74 bits per heavy atom. The van der Waals surface area contributed by atoms with Crippen molar-refractivity contribution in [2.75, 3.05) is 34.5 Å². The standard InChI is InChI=1S/C28H31NO6/c1-17-24(28(31)35-14-13-32-2)25(20-11-8-12-23(33-3)27(20)34-4)26-21(29-17)15-19(16-22(26)30)18-9-6-5-7-10-18/h5-12,19,25,29H,13-16H2,1-4H3. The lowest BCUT2D eigenvalue weighted by Crippen LogP contribution is -2.36. The molecule has 0 aromatic heterocycles. The summed E-state index contributed by atoms with van der Waals surface area (Å²) in [6.45, 7) is 2.24. The van der Waals surface area contributed by atoms with E-state index in [1.54, 1.807) is 27.4 Å². The van der Waals surface area contributed by atoms with E-state index in [4.69, 9.17) is 18.9 Å². The molecule has 0 spiro atoms. The maximum atomic E-state index is 13.7. The third-order valence-corrected chi connectivity index (χ3v) is 6.58. The maximum Gasteiger partial charge on any atom is 0.336 e. The highest BCUT2D eigenvalue weighted by atomic mass is 16.6. The third kappa shape index (κ3) is 4.82. The van der Waals surface area contributed by atoms with Gasteiger partial charge in [0.25, 0.3) is 0 Å². The van der Waals surface area contributed by atoms with Gasteiger partial charge in [0.05, 0.1) is 32.3 Å². The van der Waals surface area contributed by atoms with Crippen molar-refractivity contribution in [1.82, 2.24) is 5.32 Å². The van der Waals surface area contributed by atoms with Gasteiger partial charge in [-0.05, 0) is 30.9 Å². The van der Waals surface area contributed by atoms with Crippen LogP contribution in [0.25, 0.3) is 0 Å². The highest BCUT2D eigenvalue weighted by molar-refractivity contribution is 6.04. The normalized spacial score (nSPS) is 19.7.